The summed E-state index contributed by atoms with van der Waals surface area (Å²) in [7, 11) is -1.72. The summed E-state index contributed by atoms with van der Waals surface area (Å²) in [4.78, 5) is 8.80. The summed E-state index contributed by atoms with van der Waals surface area (Å²) in [6, 6.07) is 0.360. The predicted molar refractivity (Wildman–Crippen MR) is 79.4 cm³/mol. The zero-order valence-corrected chi connectivity index (χ0v) is 13.5. The molecule has 0 atom stereocenters. The van der Waals surface area contributed by atoms with E-state index in [9.17, 15) is 8.42 Å². The quantitative estimate of drug-likeness (QED) is 0.745. The van der Waals surface area contributed by atoms with Crippen LogP contribution in [0.15, 0.2) is 17.6 Å². The SMILES string of the molecule is CCN1CCN(C2CN(S(=O)(=O)c3nccn3C)C2)CC1. The number of nitrogens with zero attached hydrogens (tertiary/aromatic N) is 5. The molecule has 2 fully saturated rings. The third kappa shape index (κ3) is 2.73. The highest BCUT2D eigenvalue weighted by molar-refractivity contribution is 7.89. The van der Waals surface area contributed by atoms with Gasteiger partial charge in [0, 0.05) is 64.8 Å². The molecule has 8 heteroatoms. The van der Waals surface area contributed by atoms with Gasteiger partial charge in [-0.25, -0.2) is 13.4 Å². The highest BCUT2D eigenvalue weighted by Gasteiger charge is 2.41. The molecule has 0 bridgehead atoms. The number of imidazole rings is 1. The molecule has 0 saturated carbocycles. The summed E-state index contributed by atoms with van der Waals surface area (Å²) in [6.45, 7) is 8.68. The van der Waals surface area contributed by atoms with Crippen LogP contribution in [0.4, 0.5) is 0 Å². The lowest BCUT2D eigenvalue weighted by molar-refractivity contribution is 0.0423. The Hall–Kier alpha value is -0.960. The number of aromatic nitrogens is 2. The molecule has 0 amide bonds. The molecule has 2 saturated heterocycles. The van der Waals surface area contributed by atoms with Crippen LogP contribution in [0.2, 0.25) is 0 Å². The number of hydrogen-bond acceptors (Lipinski definition) is 5. The van der Waals surface area contributed by atoms with Crippen molar-refractivity contribution in [3.8, 4) is 0 Å². The third-order valence-corrected chi connectivity index (χ3v) is 6.38. The first-order chi connectivity index (χ1) is 10.0. The van der Waals surface area contributed by atoms with Crippen molar-refractivity contribution in [2.24, 2.45) is 7.05 Å². The second-order valence-corrected chi connectivity index (χ2v) is 7.60. The molecule has 2 aliphatic rings. The standard InChI is InChI=1S/C13H23N5O2S/c1-3-16-6-8-17(9-7-16)12-10-18(11-12)21(19,20)13-14-4-5-15(13)2/h4-5,12H,3,6-11H2,1-2H3. The Labute approximate surface area is 126 Å². The first-order valence-electron chi connectivity index (χ1n) is 7.46. The van der Waals surface area contributed by atoms with Crippen molar-refractivity contribution < 1.29 is 8.42 Å². The van der Waals surface area contributed by atoms with E-state index >= 15 is 0 Å². The van der Waals surface area contributed by atoms with Crippen molar-refractivity contribution in [1.29, 1.82) is 0 Å². The zero-order chi connectivity index (χ0) is 15.0. The molecule has 118 valence electrons. The van der Waals surface area contributed by atoms with Crippen LogP contribution in [0.3, 0.4) is 0 Å². The normalized spacial score (nSPS) is 23.3. The van der Waals surface area contributed by atoms with Crippen molar-refractivity contribution in [3.05, 3.63) is 12.4 Å². The first kappa shape index (κ1) is 15.0. The van der Waals surface area contributed by atoms with Crippen LogP contribution in [0.25, 0.3) is 0 Å². The monoisotopic (exact) mass is 313 g/mol. The Balaban J connectivity index is 1.58. The molecule has 0 unspecified atom stereocenters. The number of sulfonamides is 1. The van der Waals surface area contributed by atoms with Gasteiger partial charge in [-0.2, -0.15) is 4.31 Å². The topological polar surface area (TPSA) is 61.7 Å². The average Bonchev–Trinajstić information content (AvgIpc) is 2.84. The molecule has 7 nitrogen and oxygen atoms in total. The van der Waals surface area contributed by atoms with Gasteiger partial charge >= 0.3 is 0 Å². The maximum Gasteiger partial charge on any atom is 0.277 e. The second-order valence-electron chi connectivity index (χ2n) is 5.77. The van der Waals surface area contributed by atoms with Gasteiger partial charge < -0.3 is 9.47 Å². The van der Waals surface area contributed by atoms with Gasteiger partial charge in [0.05, 0.1) is 0 Å². The molecule has 1 aromatic rings. The van der Waals surface area contributed by atoms with Gasteiger partial charge in [0.2, 0.25) is 5.16 Å². The lowest BCUT2D eigenvalue weighted by Gasteiger charge is -2.47. The number of hydrogen-bond donors (Lipinski definition) is 0. The molecular weight excluding hydrogens is 290 g/mol. The molecule has 1 aromatic heterocycles. The smallest absolute Gasteiger partial charge is 0.277 e. The highest BCUT2D eigenvalue weighted by Crippen LogP contribution is 2.23. The number of piperazine rings is 1. The largest absolute Gasteiger partial charge is 0.324 e. The van der Waals surface area contributed by atoms with Crippen molar-refractivity contribution in [1.82, 2.24) is 23.7 Å². The van der Waals surface area contributed by atoms with Gasteiger partial charge in [0.15, 0.2) is 0 Å². The first-order valence-corrected chi connectivity index (χ1v) is 8.90. The van der Waals surface area contributed by atoms with Gasteiger partial charge in [-0.15, -0.1) is 0 Å². The summed E-state index contributed by atoms with van der Waals surface area (Å²) < 4.78 is 28.0. The van der Waals surface area contributed by atoms with Crippen LogP contribution in [-0.2, 0) is 17.1 Å². The van der Waals surface area contributed by atoms with Gasteiger partial charge in [0.25, 0.3) is 10.0 Å². The van der Waals surface area contributed by atoms with Crippen LogP contribution in [0.1, 0.15) is 6.92 Å². The Morgan fingerprint density at radius 3 is 2.43 bits per heavy atom. The molecular formula is C13H23N5O2S. The van der Waals surface area contributed by atoms with E-state index in [0.29, 0.717) is 19.1 Å². The van der Waals surface area contributed by atoms with E-state index in [1.165, 1.54) is 10.5 Å². The fourth-order valence-electron chi connectivity index (χ4n) is 3.00. The van der Waals surface area contributed by atoms with Gasteiger partial charge in [0.1, 0.15) is 0 Å². The van der Waals surface area contributed by atoms with Crippen LogP contribution < -0.4 is 0 Å². The van der Waals surface area contributed by atoms with E-state index in [2.05, 4.69) is 21.7 Å². The molecule has 3 heterocycles. The Bertz CT molecular complexity index is 585. The van der Waals surface area contributed by atoms with Crippen molar-refractivity contribution in [3.63, 3.8) is 0 Å². The second kappa shape index (κ2) is 5.68. The molecule has 0 radical (unpaired) electrons. The third-order valence-electron chi connectivity index (χ3n) is 4.55. The predicted octanol–water partition coefficient (Wildman–Crippen LogP) is -0.569. The summed E-state index contributed by atoms with van der Waals surface area (Å²) in [6.07, 6.45) is 3.18. The number of rotatable bonds is 4. The van der Waals surface area contributed by atoms with Gasteiger partial charge in [-0.05, 0) is 6.54 Å². The van der Waals surface area contributed by atoms with E-state index < -0.39 is 10.0 Å². The summed E-state index contributed by atoms with van der Waals surface area (Å²) in [5.74, 6) is 0. The van der Waals surface area contributed by atoms with E-state index in [0.717, 1.165) is 32.7 Å². The van der Waals surface area contributed by atoms with Crippen molar-refractivity contribution in [2.75, 3.05) is 45.8 Å². The maximum atomic E-state index is 12.4. The molecule has 0 aromatic carbocycles. The summed E-state index contributed by atoms with van der Waals surface area (Å²) in [5.41, 5.74) is 0. The fraction of sp³-hybridized carbons (Fsp3) is 0.769. The Morgan fingerprint density at radius 1 is 1.24 bits per heavy atom. The fourth-order valence-corrected chi connectivity index (χ4v) is 4.59. The minimum absolute atomic E-state index is 0.136. The van der Waals surface area contributed by atoms with Crippen molar-refractivity contribution in [2.45, 2.75) is 18.1 Å². The van der Waals surface area contributed by atoms with E-state index in [-0.39, 0.29) is 5.16 Å². The summed E-state index contributed by atoms with van der Waals surface area (Å²) >= 11 is 0. The number of likely N-dealkylation sites (N-methyl/N-ethyl adjacent to an activating group) is 1. The summed E-state index contributed by atoms with van der Waals surface area (Å²) in [5, 5.41) is 0.136. The van der Waals surface area contributed by atoms with Crippen LogP contribution in [0.5, 0.6) is 0 Å². The van der Waals surface area contributed by atoms with Gasteiger partial charge in [-0.3, -0.25) is 4.90 Å². The Kier molecular flexibility index (Phi) is 4.04. The zero-order valence-electron chi connectivity index (χ0n) is 12.6. The lowest BCUT2D eigenvalue weighted by Crippen LogP contribution is -2.64. The van der Waals surface area contributed by atoms with E-state index in [1.54, 1.807) is 17.8 Å². The minimum atomic E-state index is -3.43. The van der Waals surface area contributed by atoms with Crippen LogP contribution in [0, 0.1) is 0 Å². The van der Waals surface area contributed by atoms with E-state index in [1.807, 2.05) is 0 Å². The van der Waals surface area contributed by atoms with Gasteiger partial charge in [-0.1, -0.05) is 6.92 Å². The minimum Gasteiger partial charge on any atom is -0.324 e. The Morgan fingerprint density at radius 2 is 1.90 bits per heavy atom. The molecule has 0 N–H and O–H groups in total. The average molecular weight is 313 g/mol. The maximum absolute atomic E-state index is 12.4. The molecule has 0 aliphatic carbocycles. The van der Waals surface area contributed by atoms with E-state index in [4.69, 9.17) is 0 Å². The highest BCUT2D eigenvalue weighted by atomic mass is 32.2. The molecule has 3 rings (SSSR count). The number of aryl methyl sites for hydroxylation is 1. The van der Waals surface area contributed by atoms with Crippen LogP contribution in [-0.4, -0.2) is 83.9 Å². The molecule has 2 aliphatic heterocycles. The lowest BCUT2D eigenvalue weighted by atomic mass is 10.1. The van der Waals surface area contributed by atoms with Crippen molar-refractivity contribution >= 4 is 10.0 Å². The molecule has 0 spiro atoms. The molecule has 21 heavy (non-hydrogen) atoms. The van der Waals surface area contributed by atoms with Crippen LogP contribution >= 0.6 is 0 Å².